The molecule has 2 nitrogen and oxygen atoms in total. The van der Waals surface area contributed by atoms with Crippen molar-refractivity contribution in [2.75, 3.05) is 0 Å². The highest BCUT2D eigenvalue weighted by atomic mass is 79.9. The summed E-state index contributed by atoms with van der Waals surface area (Å²) in [5.74, 6) is 1.30. The molecule has 0 aliphatic heterocycles. The summed E-state index contributed by atoms with van der Waals surface area (Å²) in [4.78, 5) is 12.0. The van der Waals surface area contributed by atoms with E-state index in [0.29, 0.717) is 18.1 Å². The van der Waals surface area contributed by atoms with E-state index in [0.717, 1.165) is 28.3 Å². The normalized spacial score (nSPS) is 11.4. The first-order chi connectivity index (χ1) is 9.06. The van der Waals surface area contributed by atoms with Crippen LogP contribution in [-0.2, 0) is 0 Å². The molecule has 0 unspecified atom stereocenters. The highest BCUT2D eigenvalue weighted by molar-refractivity contribution is 9.10. The van der Waals surface area contributed by atoms with Crippen LogP contribution >= 0.6 is 15.9 Å². The lowest BCUT2D eigenvalue weighted by atomic mass is 10.0. The van der Waals surface area contributed by atoms with Crippen molar-refractivity contribution in [2.45, 2.75) is 39.5 Å². The van der Waals surface area contributed by atoms with Crippen LogP contribution in [0.1, 0.15) is 50.1 Å². The number of benzene rings is 1. The summed E-state index contributed by atoms with van der Waals surface area (Å²) in [6.07, 6.45) is 3.81. The number of Topliss-reactive ketones (excluding diaryl/α,β-unsaturated/α-hetero) is 1. The molecule has 2 aromatic rings. The Morgan fingerprint density at radius 2 is 2.05 bits per heavy atom. The van der Waals surface area contributed by atoms with E-state index in [2.05, 4.69) is 29.8 Å². The van der Waals surface area contributed by atoms with Crippen LogP contribution in [-0.4, -0.2) is 5.78 Å². The Morgan fingerprint density at radius 3 is 2.79 bits per heavy atom. The number of hydrogen-bond acceptors (Lipinski definition) is 2. The number of furan rings is 1. The molecule has 19 heavy (non-hydrogen) atoms. The molecule has 0 aliphatic rings. The third-order valence-electron chi connectivity index (χ3n) is 3.19. The second-order valence-electron chi connectivity index (χ2n) is 5.36. The van der Waals surface area contributed by atoms with Gasteiger partial charge >= 0.3 is 0 Å². The fourth-order valence-corrected chi connectivity index (χ4v) is 2.44. The second kappa shape index (κ2) is 6.38. The molecular formula is C16H19BrO2. The van der Waals surface area contributed by atoms with Crippen molar-refractivity contribution in [1.82, 2.24) is 0 Å². The minimum Gasteiger partial charge on any atom is -0.453 e. The smallest absolute Gasteiger partial charge is 0.198 e. The molecule has 102 valence electrons. The maximum Gasteiger partial charge on any atom is 0.198 e. The van der Waals surface area contributed by atoms with E-state index in [9.17, 15) is 4.79 Å². The minimum absolute atomic E-state index is 0.107. The molecule has 1 heterocycles. The van der Waals surface area contributed by atoms with Crippen LogP contribution in [0.15, 0.2) is 33.2 Å². The number of carbonyl (C=O) groups excluding carboxylic acids is 1. The van der Waals surface area contributed by atoms with E-state index >= 15 is 0 Å². The third kappa shape index (κ3) is 3.93. The SMILES string of the molecule is CC(C)CCCCC(=O)c1cc2ccc(Br)cc2o1. The van der Waals surface area contributed by atoms with Crippen molar-refractivity contribution in [1.29, 1.82) is 0 Å². The number of hydrogen-bond donors (Lipinski definition) is 0. The molecule has 0 saturated heterocycles. The molecule has 2 rings (SSSR count). The van der Waals surface area contributed by atoms with Crippen LogP contribution < -0.4 is 0 Å². The molecule has 1 aromatic heterocycles. The molecule has 1 aromatic carbocycles. The summed E-state index contributed by atoms with van der Waals surface area (Å²) in [5.41, 5.74) is 0.764. The maximum absolute atomic E-state index is 12.0. The predicted molar refractivity (Wildman–Crippen MR) is 81.6 cm³/mol. The highest BCUT2D eigenvalue weighted by Crippen LogP contribution is 2.24. The summed E-state index contributed by atoms with van der Waals surface area (Å²) in [6, 6.07) is 7.64. The van der Waals surface area contributed by atoms with Crippen molar-refractivity contribution < 1.29 is 9.21 Å². The van der Waals surface area contributed by atoms with Crippen LogP contribution in [0.2, 0.25) is 0 Å². The lowest BCUT2D eigenvalue weighted by Crippen LogP contribution is -1.97. The zero-order chi connectivity index (χ0) is 13.8. The van der Waals surface area contributed by atoms with Gasteiger partial charge in [-0.25, -0.2) is 0 Å². The number of halogens is 1. The first-order valence-electron chi connectivity index (χ1n) is 6.78. The van der Waals surface area contributed by atoms with Crippen LogP contribution in [0.5, 0.6) is 0 Å². The van der Waals surface area contributed by atoms with E-state index in [1.807, 2.05) is 24.3 Å². The number of rotatable bonds is 6. The minimum atomic E-state index is 0.107. The first-order valence-corrected chi connectivity index (χ1v) is 7.58. The van der Waals surface area contributed by atoms with Crippen LogP contribution in [0.3, 0.4) is 0 Å². The van der Waals surface area contributed by atoms with Crippen molar-refractivity contribution in [3.8, 4) is 0 Å². The van der Waals surface area contributed by atoms with Crippen LogP contribution in [0.4, 0.5) is 0 Å². The summed E-state index contributed by atoms with van der Waals surface area (Å²) in [5, 5.41) is 0.980. The van der Waals surface area contributed by atoms with Gasteiger partial charge in [-0.05, 0) is 36.6 Å². The molecular weight excluding hydrogens is 304 g/mol. The van der Waals surface area contributed by atoms with Gasteiger partial charge in [0.1, 0.15) is 5.58 Å². The molecule has 0 aliphatic carbocycles. The lowest BCUT2D eigenvalue weighted by Gasteiger charge is -2.02. The van der Waals surface area contributed by atoms with E-state index in [4.69, 9.17) is 4.42 Å². The van der Waals surface area contributed by atoms with Crippen LogP contribution in [0, 0.1) is 5.92 Å². The number of unbranched alkanes of at least 4 members (excludes halogenated alkanes) is 1. The molecule has 0 amide bonds. The standard InChI is InChI=1S/C16H19BrO2/c1-11(2)5-3-4-6-14(18)16-9-12-7-8-13(17)10-15(12)19-16/h7-11H,3-6H2,1-2H3. The molecule has 3 heteroatoms. The maximum atomic E-state index is 12.0. The molecule has 0 bridgehead atoms. The van der Waals surface area contributed by atoms with Crippen molar-refractivity contribution >= 4 is 32.7 Å². The lowest BCUT2D eigenvalue weighted by molar-refractivity contribution is 0.0954. The summed E-state index contributed by atoms with van der Waals surface area (Å²) in [7, 11) is 0. The summed E-state index contributed by atoms with van der Waals surface area (Å²) in [6.45, 7) is 4.41. The van der Waals surface area contributed by atoms with E-state index < -0.39 is 0 Å². The van der Waals surface area contributed by atoms with Gasteiger partial charge in [0.25, 0.3) is 0 Å². The van der Waals surface area contributed by atoms with Crippen molar-refractivity contribution in [3.63, 3.8) is 0 Å². The van der Waals surface area contributed by atoms with Gasteiger partial charge in [-0.3, -0.25) is 4.79 Å². The first kappa shape index (κ1) is 14.3. The van der Waals surface area contributed by atoms with E-state index in [1.165, 1.54) is 6.42 Å². The Bertz CT molecular complexity index is 569. The van der Waals surface area contributed by atoms with Gasteiger partial charge in [0, 0.05) is 16.3 Å². The van der Waals surface area contributed by atoms with Gasteiger partial charge in [-0.1, -0.05) is 42.6 Å². The largest absolute Gasteiger partial charge is 0.453 e. The Kier molecular flexibility index (Phi) is 4.81. The van der Waals surface area contributed by atoms with Gasteiger partial charge in [0.15, 0.2) is 11.5 Å². The van der Waals surface area contributed by atoms with Crippen LogP contribution in [0.25, 0.3) is 11.0 Å². The molecule has 0 radical (unpaired) electrons. The average molecular weight is 323 g/mol. The third-order valence-corrected chi connectivity index (χ3v) is 3.69. The van der Waals surface area contributed by atoms with Gasteiger partial charge in [0.2, 0.25) is 0 Å². The fraction of sp³-hybridized carbons (Fsp3) is 0.438. The van der Waals surface area contributed by atoms with E-state index in [-0.39, 0.29) is 5.78 Å². The number of fused-ring (bicyclic) bond motifs is 1. The monoisotopic (exact) mass is 322 g/mol. The zero-order valence-corrected chi connectivity index (χ0v) is 13.0. The Labute approximate surface area is 122 Å². The highest BCUT2D eigenvalue weighted by Gasteiger charge is 2.12. The Balaban J connectivity index is 1.97. The number of ketones is 1. The molecule has 0 spiro atoms. The Hall–Kier alpha value is -1.09. The van der Waals surface area contributed by atoms with Crippen molar-refractivity contribution in [2.24, 2.45) is 5.92 Å². The average Bonchev–Trinajstić information content (AvgIpc) is 2.77. The molecule has 0 saturated carbocycles. The number of carbonyl (C=O) groups is 1. The molecule has 0 fully saturated rings. The van der Waals surface area contributed by atoms with Gasteiger partial charge < -0.3 is 4.42 Å². The van der Waals surface area contributed by atoms with Gasteiger partial charge in [0.05, 0.1) is 0 Å². The van der Waals surface area contributed by atoms with Gasteiger partial charge in [-0.15, -0.1) is 0 Å². The second-order valence-corrected chi connectivity index (χ2v) is 6.27. The predicted octanol–water partition coefficient (Wildman–Crippen LogP) is 5.59. The molecule has 0 N–H and O–H groups in total. The van der Waals surface area contributed by atoms with Gasteiger partial charge in [-0.2, -0.15) is 0 Å². The van der Waals surface area contributed by atoms with E-state index in [1.54, 1.807) is 0 Å². The molecule has 0 atom stereocenters. The summed E-state index contributed by atoms with van der Waals surface area (Å²) >= 11 is 3.40. The summed E-state index contributed by atoms with van der Waals surface area (Å²) < 4.78 is 6.57. The Morgan fingerprint density at radius 1 is 1.26 bits per heavy atom. The quantitative estimate of drug-likeness (QED) is 0.512. The fourth-order valence-electron chi connectivity index (χ4n) is 2.10. The topological polar surface area (TPSA) is 30.2 Å². The zero-order valence-electron chi connectivity index (χ0n) is 11.4. The van der Waals surface area contributed by atoms with Crippen molar-refractivity contribution in [3.05, 3.63) is 34.5 Å².